The number of thiazole rings is 1. The van der Waals surface area contributed by atoms with E-state index in [0.717, 1.165) is 23.3 Å². The fourth-order valence-corrected chi connectivity index (χ4v) is 3.39. The van der Waals surface area contributed by atoms with Gasteiger partial charge in [0.05, 0.1) is 12.0 Å². The number of nitrogens with zero attached hydrogens (tertiary/aromatic N) is 1. The third-order valence-corrected chi connectivity index (χ3v) is 4.28. The summed E-state index contributed by atoms with van der Waals surface area (Å²) in [6.45, 7) is 4.08. The Labute approximate surface area is 126 Å². The molecular weight excluding hydrogens is 288 g/mol. The Kier molecular flexibility index (Phi) is 3.13. The first-order valence-electron chi connectivity index (χ1n) is 6.57. The molecule has 110 valence electrons. The first-order valence-corrected chi connectivity index (χ1v) is 7.39. The zero-order valence-corrected chi connectivity index (χ0v) is 12.9. The molecule has 2 heterocycles. The molecule has 0 bridgehead atoms. The highest BCUT2D eigenvalue weighted by molar-refractivity contribution is 7.19. The van der Waals surface area contributed by atoms with Crippen LogP contribution in [0.1, 0.15) is 29.9 Å². The lowest BCUT2D eigenvalue weighted by Crippen LogP contribution is -2.24. The Morgan fingerprint density at radius 2 is 2.24 bits per heavy atom. The van der Waals surface area contributed by atoms with Crippen molar-refractivity contribution < 1.29 is 14.3 Å². The number of hydrogen-bond acceptors (Lipinski definition) is 6. The number of hydrogen-bond donors (Lipinski definition) is 1. The van der Waals surface area contributed by atoms with Crippen molar-refractivity contribution in [1.82, 2.24) is 4.98 Å². The predicted octanol–water partition coefficient (Wildman–Crippen LogP) is 2.89. The van der Waals surface area contributed by atoms with Crippen molar-refractivity contribution >= 4 is 22.4 Å². The second-order valence-corrected chi connectivity index (χ2v) is 6.58. The van der Waals surface area contributed by atoms with Crippen LogP contribution < -0.4 is 10.5 Å². The highest BCUT2D eigenvalue weighted by atomic mass is 32.1. The van der Waals surface area contributed by atoms with E-state index in [-0.39, 0.29) is 11.3 Å². The number of methoxy groups -OCH3 is 1. The quantitative estimate of drug-likeness (QED) is 0.863. The van der Waals surface area contributed by atoms with Crippen LogP contribution in [0.25, 0.3) is 10.4 Å². The lowest BCUT2D eigenvalue weighted by molar-refractivity contribution is 0.0596. The Morgan fingerprint density at radius 3 is 2.95 bits per heavy atom. The summed E-state index contributed by atoms with van der Waals surface area (Å²) >= 11 is 1.26. The van der Waals surface area contributed by atoms with Crippen molar-refractivity contribution in [3.05, 3.63) is 29.5 Å². The van der Waals surface area contributed by atoms with Crippen LogP contribution in [-0.4, -0.2) is 23.7 Å². The minimum absolute atomic E-state index is 0.238. The summed E-state index contributed by atoms with van der Waals surface area (Å²) in [5.74, 6) is 0.309. The lowest BCUT2D eigenvalue weighted by atomic mass is 10.00. The van der Waals surface area contributed by atoms with Crippen molar-refractivity contribution in [2.45, 2.75) is 25.9 Å². The monoisotopic (exact) mass is 304 g/mol. The second kappa shape index (κ2) is 4.73. The molecule has 1 aliphatic rings. The Bertz CT molecular complexity index is 722. The van der Waals surface area contributed by atoms with Crippen molar-refractivity contribution in [3.8, 4) is 16.2 Å². The second-order valence-electron chi connectivity index (χ2n) is 5.55. The van der Waals surface area contributed by atoms with Crippen LogP contribution in [0.2, 0.25) is 0 Å². The number of nitrogen functional groups attached to an aromatic ring is 1. The van der Waals surface area contributed by atoms with Gasteiger partial charge < -0.3 is 15.2 Å². The Hall–Kier alpha value is -2.08. The van der Waals surface area contributed by atoms with Crippen LogP contribution in [0.5, 0.6) is 5.75 Å². The van der Waals surface area contributed by atoms with Crippen LogP contribution in [-0.2, 0) is 11.2 Å². The maximum Gasteiger partial charge on any atom is 0.358 e. The third kappa shape index (κ3) is 2.35. The molecule has 1 aliphatic heterocycles. The molecular formula is C15H16N2O3S. The first-order chi connectivity index (χ1) is 9.91. The van der Waals surface area contributed by atoms with Gasteiger partial charge in [0.1, 0.15) is 11.4 Å². The summed E-state index contributed by atoms with van der Waals surface area (Å²) < 4.78 is 10.8. The van der Waals surface area contributed by atoms with Gasteiger partial charge in [-0.2, -0.15) is 0 Å². The molecule has 3 rings (SSSR count). The summed E-state index contributed by atoms with van der Waals surface area (Å²) in [4.78, 5) is 16.6. The topological polar surface area (TPSA) is 74.4 Å². The average Bonchev–Trinajstić information content (AvgIpc) is 2.95. The number of fused-ring (bicyclic) bond motifs is 1. The smallest absolute Gasteiger partial charge is 0.358 e. The molecule has 6 heteroatoms. The van der Waals surface area contributed by atoms with Crippen molar-refractivity contribution in [3.63, 3.8) is 0 Å². The molecule has 1 aromatic carbocycles. The number of ether oxygens (including phenoxy) is 2. The van der Waals surface area contributed by atoms with Crippen molar-refractivity contribution in [2.24, 2.45) is 0 Å². The molecule has 0 saturated heterocycles. The number of carbonyl (C=O) groups is 1. The van der Waals surface area contributed by atoms with Crippen LogP contribution in [0.15, 0.2) is 18.2 Å². The average molecular weight is 304 g/mol. The number of anilines is 1. The number of para-hydroxylation sites is 1. The van der Waals surface area contributed by atoms with Crippen LogP contribution in [0.3, 0.4) is 0 Å². The number of nitrogens with two attached hydrogens (primary N) is 1. The third-order valence-electron chi connectivity index (χ3n) is 3.36. The molecule has 0 atom stereocenters. The fourth-order valence-electron chi connectivity index (χ4n) is 2.55. The van der Waals surface area contributed by atoms with Gasteiger partial charge in [-0.1, -0.05) is 23.5 Å². The predicted molar refractivity (Wildman–Crippen MR) is 81.7 cm³/mol. The van der Waals surface area contributed by atoms with E-state index in [2.05, 4.69) is 4.98 Å². The van der Waals surface area contributed by atoms with E-state index >= 15 is 0 Å². The normalized spacial score (nSPS) is 15.4. The fraction of sp³-hybridized carbons (Fsp3) is 0.333. The van der Waals surface area contributed by atoms with E-state index in [0.29, 0.717) is 10.0 Å². The van der Waals surface area contributed by atoms with Crippen molar-refractivity contribution in [2.75, 3.05) is 12.8 Å². The summed E-state index contributed by atoms with van der Waals surface area (Å²) in [6.07, 6.45) is 0.831. The zero-order chi connectivity index (χ0) is 15.2. The SMILES string of the molecule is COC(=O)c1nc(N)sc1-c1cccc2c1OC(C)(C)C2. The molecule has 0 unspecified atom stereocenters. The molecule has 21 heavy (non-hydrogen) atoms. The van der Waals surface area contributed by atoms with E-state index in [1.807, 2.05) is 32.0 Å². The molecule has 1 aromatic heterocycles. The van der Waals surface area contributed by atoms with Crippen LogP contribution in [0, 0.1) is 0 Å². The van der Waals surface area contributed by atoms with E-state index in [9.17, 15) is 4.79 Å². The zero-order valence-electron chi connectivity index (χ0n) is 12.1. The summed E-state index contributed by atoms with van der Waals surface area (Å²) in [5, 5.41) is 0.334. The van der Waals surface area contributed by atoms with E-state index < -0.39 is 5.97 Å². The maximum absolute atomic E-state index is 11.9. The molecule has 0 fully saturated rings. The highest BCUT2D eigenvalue weighted by Crippen LogP contribution is 2.45. The minimum atomic E-state index is -0.493. The van der Waals surface area contributed by atoms with Gasteiger partial charge in [-0.05, 0) is 25.5 Å². The molecule has 0 spiro atoms. The molecule has 0 aliphatic carbocycles. The van der Waals surface area contributed by atoms with Gasteiger partial charge >= 0.3 is 5.97 Å². The number of esters is 1. The van der Waals surface area contributed by atoms with E-state index in [1.165, 1.54) is 18.4 Å². The van der Waals surface area contributed by atoms with Gasteiger partial charge in [0, 0.05) is 12.0 Å². The number of aromatic nitrogens is 1. The Morgan fingerprint density at radius 1 is 1.48 bits per heavy atom. The maximum atomic E-state index is 11.9. The first kappa shape index (κ1) is 13.9. The van der Waals surface area contributed by atoms with Gasteiger partial charge in [-0.3, -0.25) is 0 Å². The Balaban J connectivity index is 2.16. The standard InChI is InChI=1S/C15H16N2O3S/c1-15(2)7-8-5-4-6-9(11(8)20-15)12-10(13(18)19-3)17-14(16)21-12/h4-6H,7H2,1-3H3,(H2,16,17). The summed E-state index contributed by atoms with van der Waals surface area (Å²) in [5.41, 5.74) is 7.72. The van der Waals surface area contributed by atoms with Crippen LogP contribution >= 0.6 is 11.3 Å². The highest BCUT2D eigenvalue weighted by Gasteiger charge is 2.33. The molecule has 5 nitrogen and oxygen atoms in total. The number of rotatable bonds is 2. The number of benzene rings is 1. The van der Waals surface area contributed by atoms with Gasteiger partial charge in [0.2, 0.25) is 0 Å². The molecule has 2 N–H and O–H groups in total. The van der Waals surface area contributed by atoms with Gasteiger partial charge in [0.25, 0.3) is 0 Å². The summed E-state index contributed by atoms with van der Waals surface area (Å²) in [7, 11) is 1.33. The molecule has 0 saturated carbocycles. The van der Waals surface area contributed by atoms with Crippen molar-refractivity contribution in [1.29, 1.82) is 0 Å². The number of carbonyl (C=O) groups excluding carboxylic acids is 1. The van der Waals surface area contributed by atoms with Gasteiger partial charge in [-0.25, -0.2) is 9.78 Å². The minimum Gasteiger partial charge on any atom is -0.487 e. The molecule has 0 amide bonds. The lowest BCUT2D eigenvalue weighted by Gasteiger charge is -2.18. The molecule has 2 aromatic rings. The largest absolute Gasteiger partial charge is 0.487 e. The van der Waals surface area contributed by atoms with E-state index in [1.54, 1.807) is 0 Å². The van der Waals surface area contributed by atoms with Crippen LogP contribution in [0.4, 0.5) is 5.13 Å². The molecule has 0 radical (unpaired) electrons. The van der Waals surface area contributed by atoms with E-state index in [4.69, 9.17) is 15.2 Å². The summed E-state index contributed by atoms with van der Waals surface area (Å²) in [6, 6.07) is 5.91. The van der Waals surface area contributed by atoms with Gasteiger partial charge in [-0.15, -0.1) is 0 Å². The van der Waals surface area contributed by atoms with Gasteiger partial charge in [0.15, 0.2) is 10.8 Å².